The molecule has 1 heterocycles. The molecule has 2 atom stereocenters. The number of carbonyl (C=O) groups is 1. The standard InChI is InChI=1S/C17H24F2N2O3/c1-3-24-17(23)21-9-7-12(8-10-21)20-11(2)16(22)15-13(18)5-4-6-14(15)19/h4-6,11-12,16,20,22H,3,7-10H2,1-2H3/t11-,16+/m1/s1. The molecule has 1 saturated heterocycles. The molecule has 0 unspecified atom stereocenters. The number of benzene rings is 1. The lowest BCUT2D eigenvalue weighted by Gasteiger charge is -2.34. The Kier molecular flexibility index (Phi) is 6.51. The second kappa shape index (κ2) is 8.39. The Balaban J connectivity index is 1.89. The van der Waals surface area contributed by atoms with Crippen LogP contribution in [-0.2, 0) is 4.74 Å². The van der Waals surface area contributed by atoms with E-state index in [0.29, 0.717) is 32.5 Å². The van der Waals surface area contributed by atoms with Crippen molar-refractivity contribution in [2.45, 2.75) is 44.9 Å². The van der Waals surface area contributed by atoms with Gasteiger partial charge in [0, 0.05) is 25.2 Å². The largest absolute Gasteiger partial charge is 0.450 e. The van der Waals surface area contributed by atoms with Crippen LogP contribution < -0.4 is 5.32 Å². The second-order valence-corrected chi connectivity index (χ2v) is 6.00. The summed E-state index contributed by atoms with van der Waals surface area (Å²) in [6.07, 6.45) is -0.225. The Labute approximate surface area is 140 Å². The lowest BCUT2D eigenvalue weighted by atomic mass is 9.99. The molecule has 1 aliphatic rings. The molecule has 2 N–H and O–H groups in total. The van der Waals surface area contributed by atoms with Gasteiger partial charge in [-0.15, -0.1) is 0 Å². The summed E-state index contributed by atoms with van der Waals surface area (Å²) in [5.74, 6) is -1.51. The third-order valence-corrected chi connectivity index (χ3v) is 4.29. The van der Waals surface area contributed by atoms with E-state index in [9.17, 15) is 18.7 Å². The van der Waals surface area contributed by atoms with Crippen LogP contribution in [0.4, 0.5) is 13.6 Å². The van der Waals surface area contributed by atoms with Crippen molar-refractivity contribution in [2.75, 3.05) is 19.7 Å². The van der Waals surface area contributed by atoms with Crippen LogP contribution >= 0.6 is 0 Å². The highest BCUT2D eigenvalue weighted by molar-refractivity contribution is 5.67. The molecule has 24 heavy (non-hydrogen) atoms. The lowest BCUT2D eigenvalue weighted by molar-refractivity contribution is 0.0858. The molecule has 1 amide bonds. The van der Waals surface area contributed by atoms with Crippen LogP contribution in [0.5, 0.6) is 0 Å². The van der Waals surface area contributed by atoms with Crippen molar-refractivity contribution in [1.29, 1.82) is 0 Å². The van der Waals surface area contributed by atoms with Crippen LogP contribution in [0, 0.1) is 11.6 Å². The monoisotopic (exact) mass is 342 g/mol. The van der Waals surface area contributed by atoms with Crippen molar-refractivity contribution in [3.05, 3.63) is 35.4 Å². The first-order valence-corrected chi connectivity index (χ1v) is 8.23. The summed E-state index contributed by atoms with van der Waals surface area (Å²) in [6.45, 7) is 4.89. The Morgan fingerprint density at radius 2 is 1.96 bits per heavy atom. The van der Waals surface area contributed by atoms with Gasteiger partial charge in [-0.25, -0.2) is 13.6 Å². The molecule has 1 aromatic carbocycles. The maximum Gasteiger partial charge on any atom is 0.409 e. The van der Waals surface area contributed by atoms with Crippen LogP contribution in [-0.4, -0.2) is 47.9 Å². The molecule has 1 fully saturated rings. The van der Waals surface area contributed by atoms with Crippen molar-refractivity contribution in [1.82, 2.24) is 10.2 Å². The van der Waals surface area contributed by atoms with Gasteiger partial charge in [0.1, 0.15) is 11.6 Å². The number of ether oxygens (including phenoxy) is 1. The van der Waals surface area contributed by atoms with Gasteiger partial charge in [-0.2, -0.15) is 0 Å². The highest BCUT2D eigenvalue weighted by Gasteiger charge is 2.28. The predicted octanol–water partition coefficient (Wildman–Crippen LogP) is 2.60. The molecular formula is C17H24F2N2O3. The van der Waals surface area contributed by atoms with Gasteiger partial charge in [-0.05, 0) is 38.8 Å². The van der Waals surface area contributed by atoms with Gasteiger partial charge in [0.2, 0.25) is 0 Å². The Hall–Kier alpha value is -1.73. The van der Waals surface area contributed by atoms with Gasteiger partial charge in [0.15, 0.2) is 0 Å². The summed E-state index contributed by atoms with van der Waals surface area (Å²) in [6, 6.07) is 3.08. The molecule has 2 rings (SSSR count). The zero-order chi connectivity index (χ0) is 17.7. The van der Waals surface area contributed by atoms with Crippen LogP contribution in [0.2, 0.25) is 0 Å². The van der Waals surface area contributed by atoms with Gasteiger partial charge in [0.25, 0.3) is 0 Å². The third-order valence-electron chi connectivity index (χ3n) is 4.29. The third kappa shape index (κ3) is 4.42. The van der Waals surface area contributed by atoms with Gasteiger partial charge < -0.3 is 20.1 Å². The fourth-order valence-corrected chi connectivity index (χ4v) is 2.95. The minimum atomic E-state index is -1.28. The maximum absolute atomic E-state index is 13.8. The molecule has 0 radical (unpaired) electrons. The minimum Gasteiger partial charge on any atom is -0.450 e. The second-order valence-electron chi connectivity index (χ2n) is 6.00. The van der Waals surface area contributed by atoms with Gasteiger partial charge in [-0.3, -0.25) is 0 Å². The highest BCUT2D eigenvalue weighted by atomic mass is 19.1. The fourth-order valence-electron chi connectivity index (χ4n) is 2.95. The van der Waals surface area contributed by atoms with Gasteiger partial charge >= 0.3 is 6.09 Å². The number of halogens is 2. The Bertz CT molecular complexity index is 543. The first-order valence-electron chi connectivity index (χ1n) is 8.23. The lowest BCUT2D eigenvalue weighted by Crippen LogP contribution is -2.48. The predicted molar refractivity (Wildman–Crippen MR) is 85.5 cm³/mol. The summed E-state index contributed by atoms with van der Waals surface area (Å²) in [5.41, 5.74) is -0.318. The average Bonchev–Trinajstić information content (AvgIpc) is 2.55. The topological polar surface area (TPSA) is 61.8 Å². The number of nitrogens with one attached hydrogen (secondary N) is 1. The molecule has 0 aromatic heterocycles. The first-order chi connectivity index (χ1) is 11.4. The summed E-state index contributed by atoms with van der Waals surface area (Å²) in [5, 5.41) is 13.5. The normalized spacial score (nSPS) is 18.3. The number of carbonyl (C=O) groups excluding carboxylic acids is 1. The summed E-state index contributed by atoms with van der Waals surface area (Å²) < 4.78 is 32.5. The number of hydrogen-bond acceptors (Lipinski definition) is 4. The number of likely N-dealkylation sites (tertiary alicyclic amines) is 1. The average molecular weight is 342 g/mol. The zero-order valence-corrected chi connectivity index (χ0v) is 14.0. The van der Waals surface area contributed by atoms with E-state index in [2.05, 4.69) is 5.32 Å². The molecule has 0 saturated carbocycles. The molecule has 1 aliphatic heterocycles. The number of hydrogen-bond donors (Lipinski definition) is 2. The highest BCUT2D eigenvalue weighted by Crippen LogP contribution is 2.24. The van der Waals surface area contributed by atoms with Gasteiger partial charge in [0.05, 0.1) is 18.3 Å². The number of piperidine rings is 1. The Morgan fingerprint density at radius 1 is 1.38 bits per heavy atom. The molecule has 7 heteroatoms. The van der Waals surface area contributed by atoms with Crippen LogP contribution in [0.3, 0.4) is 0 Å². The molecule has 134 valence electrons. The fraction of sp³-hybridized carbons (Fsp3) is 0.588. The first kappa shape index (κ1) is 18.6. The quantitative estimate of drug-likeness (QED) is 0.863. The molecule has 1 aromatic rings. The van der Waals surface area contributed by atoms with E-state index in [-0.39, 0.29) is 17.7 Å². The van der Waals surface area contributed by atoms with Crippen LogP contribution in [0.25, 0.3) is 0 Å². The van der Waals surface area contributed by atoms with Crippen molar-refractivity contribution in [2.24, 2.45) is 0 Å². The van der Waals surface area contributed by atoms with Crippen molar-refractivity contribution in [3.63, 3.8) is 0 Å². The van der Waals surface area contributed by atoms with E-state index in [4.69, 9.17) is 4.74 Å². The molecule has 0 bridgehead atoms. The van der Waals surface area contributed by atoms with E-state index in [1.165, 1.54) is 6.07 Å². The van der Waals surface area contributed by atoms with E-state index >= 15 is 0 Å². The van der Waals surface area contributed by atoms with E-state index in [1.807, 2.05) is 0 Å². The number of aliphatic hydroxyl groups is 1. The number of nitrogens with zero attached hydrogens (tertiary/aromatic N) is 1. The van der Waals surface area contributed by atoms with E-state index in [1.54, 1.807) is 18.7 Å². The summed E-state index contributed by atoms with van der Waals surface area (Å²) >= 11 is 0. The van der Waals surface area contributed by atoms with Crippen molar-refractivity contribution >= 4 is 6.09 Å². The number of rotatable bonds is 5. The SMILES string of the molecule is CCOC(=O)N1CCC(N[C@H](C)[C@H](O)c2c(F)cccc2F)CC1. The minimum absolute atomic E-state index is 0.0650. The summed E-state index contributed by atoms with van der Waals surface area (Å²) in [4.78, 5) is 13.3. The van der Waals surface area contributed by atoms with Crippen LogP contribution in [0.1, 0.15) is 38.4 Å². The zero-order valence-electron chi connectivity index (χ0n) is 14.0. The molecular weight excluding hydrogens is 318 g/mol. The van der Waals surface area contributed by atoms with Crippen molar-refractivity contribution in [3.8, 4) is 0 Å². The van der Waals surface area contributed by atoms with E-state index in [0.717, 1.165) is 12.1 Å². The summed E-state index contributed by atoms with van der Waals surface area (Å²) in [7, 11) is 0. The molecule has 0 aliphatic carbocycles. The van der Waals surface area contributed by atoms with Crippen LogP contribution in [0.15, 0.2) is 18.2 Å². The Morgan fingerprint density at radius 3 is 2.50 bits per heavy atom. The number of aliphatic hydroxyl groups excluding tert-OH is 1. The smallest absolute Gasteiger partial charge is 0.409 e. The molecule has 0 spiro atoms. The van der Waals surface area contributed by atoms with Crippen molar-refractivity contribution < 1.29 is 23.4 Å². The van der Waals surface area contributed by atoms with E-state index < -0.39 is 23.8 Å². The maximum atomic E-state index is 13.8. The molecule has 5 nitrogen and oxygen atoms in total. The van der Waals surface area contributed by atoms with Gasteiger partial charge in [-0.1, -0.05) is 6.07 Å². The number of amides is 1.